The predicted octanol–water partition coefficient (Wildman–Crippen LogP) is 2.35. The van der Waals surface area contributed by atoms with E-state index in [9.17, 15) is 18.0 Å². The van der Waals surface area contributed by atoms with E-state index in [0.29, 0.717) is 0 Å². The van der Waals surface area contributed by atoms with Crippen molar-refractivity contribution in [3.05, 3.63) is 46.8 Å². The minimum Gasteiger partial charge on any atom is -0.314 e. The van der Waals surface area contributed by atoms with Gasteiger partial charge < -0.3 is 4.98 Å². The van der Waals surface area contributed by atoms with E-state index < -0.39 is 17.6 Å². The van der Waals surface area contributed by atoms with Crippen LogP contribution in [0.1, 0.15) is 22.5 Å². The van der Waals surface area contributed by atoms with Crippen molar-refractivity contribution in [1.82, 2.24) is 9.97 Å². The summed E-state index contributed by atoms with van der Waals surface area (Å²) in [7, 11) is 0. The lowest BCUT2D eigenvalue weighted by atomic mass is 10.1. The summed E-state index contributed by atoms with van der Waals surface area (Å²) in [6, 6.07) is 7.75. The average Bonchev–Trinajstić information content (AvgIpc) is 2.88. The molecule has 6 nitrogen and oxygen atoms in total. The monoisotopic (exact) mass is 319 g/mol. The number of H-pyrrole nitrogens is 1. The Bertz CT molecular complexity index is 795. The Labute approximate surface area is 128 Å². The van der Waals surface area contributed by atoms with Gasteiger partial charge in [-0.15, -0.1) is 0 Å². The largest absolute Gasteiger partial charge is 0.416 e. The Morgan fingerprint density at radius 2 is 2.04 bits per heavy atom. The molecule has 0 saturated heterocycles. The van der Waals surface area contributed by atoms with Crippen LogP contribution in [-0.4, -0.2) is 15.9 Å². The smallest absolute Gasteiger partial charge is 0.314 e. The maximum absolute atomic E-state index is 12.6. The third-order valence-corrected chi connectivity index (χ3v) is 2.80. The topological polar surface area (TPSA) is 105 Å². The molecule has 0 saturated carbocycles. The third-order valence-electron chi connectivity index (χ3n) is 2.80. The number of imidazole rings is 1. The molecule has 2 aromatic rings. The number of nitrogens with one attached hydrogen (secondary N) is 2. The number of nitrogens with zero attached hydrogens (tertiary/aromatic N) is 3. The van der Waals surface area contributed by atoms with Crippen LogP contribution in [0.5, 0.6) is 0 Å². The molecule has 9 heteroatoms. The number of aromatic nitrogens is 2. The van der Waals surface area contributed by atoms with Crippen molar-refractivity contribution >= 4 is 11.9 Å². The first-order valence-electron chi connectivity index (χ1n) is 6.19. The molecule has 2 rings (SSSR count). The average molecular weight is 319 g/mol. The van der Waals surface area contributed by atoms with E-state index >= 15 is 0 Å². The fourth-order valence-corrected chi connectivity index (χ4v) is 1.81. The molecule has 0 fully saturated rings. The normalized spacial score (nSPS) is 10.7. The molecule has 0 unspecified atom stereocenters. The number of nitriles is 2. The molecule has 1 amide bonds. The molecule has 0 aliphatic heterocycles. The minimum atomic E-state index is -4.49. The molecule has 0 atom stereocenters. The van der Waals surface area contributed by atoms with Gasteiger partial charge in [0, 0.05) is 0 Å². The zero-order valence-electron chi connectivity index (χ0n) is 11.4. The Balaban J connectivity index is 2.10. The molecule has 116 valence electrons. The van der Waals surface area contributed by atoms with Crippen molar-refractivity contribution in [2.24, 2.45) is 0 Å². The molecular formula is C14H8F3N5O. The SMILES string of the molecule is N#Cc1nc(NC(=O)Cc2cccc(C(F)(F)F)c2)[nH]c1C#N. The van der Waals surface area contributed by atoms with E-state index in [1.165, 1.54) is 12.1 Å². The molecule has 1 aromatic heterocycles. The van der Waals surface area contributed by atoms with Crippen LogP contribution in [0.3, 0.4) is 0 Å². The summed E-state index contributed by atoms with van der Waals surface area (Å²) < 4.78 is 37.8. The standard InChI is InChI=1S/C14H8F3N5O/c15-14(16,17)9-3-1-2-8(4-9)5-12(23)22-13-20-10(6-18)11(7-19)21-13/h1-4H,5H2,(H2,20,21,22,23). The van der Waals surface area contributed by atoms with Crippen LogP contribution in [-0.2, 0) is 17.4 Å². The minimum absolute atomic E-state index is 0.109. The maximum atomic E-state index is 12.6. The highest BCUT2D eigenvalue weighted by molar-refractivity contribution is 5.90. The highest BCUT2D eigenvalue weighted by Gasteiger charge is 2.30. The van der Waals surface area contributed by atoms with Gasteiger partial charge in [0.05, 0.1) is 12.0 Å². The van der Waals surface area contributed by atoms with E-state index in [1.54, 1.807) is 12.1 Å². The Morgan fingerprint density at radius 3 is 2.61 bits per heavy atom. The lowest BCUT2D eigenvalue weighted by Gasteiger charge is -2.08. The van der Waals surface area contributed by atoms with Crippen molar-refractivity contribution in [3.8, 4) is 12.1 Å². The fourth-order valence-electron chi connectivity index (χ4n) is 1.81. The summed E-state index contributed by atoms with van der Waals surface area (Å²) >= 11 is 0. The van der Waals surface area contributed by atoms with Gasteiger partial charge in [-0.05, 0) is 11.6 Å². The lowest BCUT2D eigenvalue weighted by molar-refractivity contribution is -0.137. The first-order chi connectivity index (χ1) is 10.8. The number of benzene rings is 1. The molecule has 0 aliphatic carbocycles. The third kappa shape index (κ3) is 3.86. The number of amides is 1. The molecule has 0 radical (unpaired) electrons. The molecular weight excluding hydrogens is 311 g/mol. The van der Waals surface area contributed by atoms with Gasteiger partial charge in [0.25, 0.3) is 0 Å². The Hall–Kier alpha value is -3.33. The Kier molecular flexibility index (Phi) is 4.32. The second-order valence-electron chi connectivity index (χ2n) is 4.46. The number of anilines is 1. The summed E-state index contributed by atoms with van der Waals surface area (Å²) in [6.07, 6.45) is -4.80. The number of carbonyl (C=O) groups excluding carboxylic acids is 1. The number of halogens is 3. The van der Waals surface area contributed by atoms with E-state index in [2.05, 4.69) is 15.3 Å². The van der Waals surface area contributed by atoms with Gasteiger partial charge in [0.15, 0.2) is 11.4 Å². The lowest BCUT2D eigenvalue weighted by Crippen LogP contribution is -2.16. The van der Waals surface area contributed by atoms with Gasteiger partial charge in [0.2, 0.25) is 11.9 Å². The summed E-state index contributed by atoms with van der Waals surface area (Å²) in [4.78, 5) is 17.9. The highest BCUT2D eigenvalue weighted by atomic mass is 19.4. The van der Waals surface area contributed by atoms with E-state index in [4.69, 9.17) is 10.5 Å². The number of aromatic amines is 1. The molecule has 2 N–H and O–H groups in total. The number of alkyl halides is 3. The molecule has 23 heavy (non-hydrogen) atoms. The predicted molar refractivity (Wildman–Crippen MR) is 71.8 cm³/mol. The summed E-state index contributed by atoms with van der Waals surface area (Å²) in [5.41, 5.74) is -0.965. The first-order valence-corrected chi connectivity index (χ1v) is 6.19. The zero-order chi connectivity index (χ0) is 17.0. The van der Waals surface area contributed by atoms with Crippen LogP contribution in [0.4, 0.5) is 19.1 Å². The van der Waals surface area contributed by atoms with Gasteiger partial charge in [-0.25, -0.2) is 4.98 Å². The van der Waals surface area contributed by atoms with Gasteiger partial charge >= 0.3 is 6.18 Å². The van der Waals surface area contributed by atoms with Gasteiger partial charge in [-0.1, -0.05) is 18.2 Å². The van der Waals surface area contributed by atoms with Crippen molar-refractivity contribution in [2.45, 2.75) is 12.6 Å². The molecule has 0 spiro atoms. The molecule has 1 aromatic carbocycles. The second kappa shape index (κ2) is 6.20. The highest BCUT2D eigenvalue weighted by Crippen LogP contribution is 2.29. The van der Waals surface area contributed by atoms with E-state index in [0.717, 1.165) is 12.1 Å². The number of hydrogen-bond donors (Lipinski definition) is 2. The van der Waals surface area contributed by atoms with Crippen LogP contribution in [0, 0.1) is 22.7 Å². The molecule has 0 bridgehead atoms. The quantitative estimate of drug-likeness (QED) is 0.905. The number of hydrogen-bond acceptors (Lipinski definition) is 4. The summed E-state index contributed by atoms with van der Waals surface area (Å²) in [6.45, 7) is 0. The summed E-state index contributed by atoms with van der Waals surface area (Å²) in [5, 5.41) is 19.8. The van der Waals surface area contributed by atoms with Crippen LogP contribution >= 0.6 is 0 Å². The van der Waals surface area contributed by atoms with Gasteiger partial charge in [-0.2, -0.15) is 23.7 Å². The number of carbonyl (C=O) groups is 1. The second-order valence-corrected chi connectivity index (χ2v) is 4.46. The van der Waals surface area contributed by atoms with E-state index in [-0.39, 0.29) is 29.3 Å². The zero-order valence-corrected chi connectivity index (χ0v) is 11.4. The first kappa shape index (κ1) is 16.0. The van der Waals surface area contributed by atoms with Gasteiger partial charge in [0.1, 0.15) is 12.1 Å². The van der Waals surface area contributed by atoms with Crippen molar-refractivity contribution in [2.75, 3.05) is 5.32 Å². The van der Waals surface area contributed by atoms with Crippen LogP contribution in [0.15, 0.2) is 24.3 Å². The van der Waals surface area contributed by atoms with Crippen LogP contribution in [0.2, 0.25) is 0 Å². The molecule has 1 heterocycles. The fraction of sp³-hybridized carbons (Fsp3) is 0.143. The Morgan fingerprint density at radius 1 is 1.30 bits per heavy atom. The van der Waals surface area contributed by atoms with Crippen LogP contribution < -0.4 is 5.32 Å². The van der Waals surface area contributed by atoms with Crippen molar-refractivity contribution < 1.29 is 18.0 Å². The van der Waals surface area contributed by atoms with Crippen molar-refractivity contribution in [1.29, 1.82) is 10.5 Å². The van der Waals surface area contributed by atoms with Crippen molar-refractivity contribution in [3.63, 3.8) is 0 Å². The van der Waals surface area contributed by atoms with Crippen LogP contribution in [0.25, 0.3) is 0 Å². The molecule has 0 aliphatic rings. The summed E-state index contributed by atoms with van der Waals surface area (Å²) in [5.74, 6) is -0.748. The maximum Gasteiger partial charge on any atom is 0.416 e. The van der Waals surface area contributed by atoms with E-state index in [1.807, 2.05) is 0 Å². The van der Waals surface area contributed by atoms with Gasteiger partial charge in [-0.3, -0.25) is 10.1 Å². The number of rotatable bonds is 3.